The van der Waals surface area contributed by atoms with Gasteiger partial charge in [0.1, 0.15) is 0 Å². The molecule has 0 N–H and O–H groups in total. The zero-order valence-electron chi connectivity index (χ0n) is 9.48. The normalized spacial score (nSPS) is 13.4. The smallest absolute Gasteiger partial charge is 0.0894 e. The first kappa shape index (κ1) is 14.5. The molecular formula is C8H16N6O2. The highest BCUT2D eigenvalue weighted by Gasteiger charge is 2.20. The van der Waals surface area contributed by atoms with Gasteiger partial charge in [-0.25, -0.2) is 0 Å². The van der Waals surface area contributed by atoms with Gasteiger partial charge >= 0.3 is 0 Å². The van der Waals surface area contributed by atoms with Crippen molar-refractivity contribution in [3.63, 3.8) is 0 Å². The van der Waals surface area contributed by atoms with Crippen LogP contribution in [-0.4, -0.2) is 38.5 Å². The van der Waals surface area contributed by atoms with Crippen LogP contribution >= 0.6 is 0 Å². The minimum Gasteiger partial charge on any atom is -0.376 e. The van der Waals surface area contributed by atoms with Gasteiger partial charge < -0.3 is 9.47 Å². The minimum atomic E-state index is -0.383. The van der Waals surface area contributed by atoms with Gasteiger partial charge in [0.15, 0.2) is 0 Å². The van der Waals surface area contributed by atoms with E-state index in [2.05, 4.69) is 20.1 Å². The van der Waals surface area contributed by atoms with E-state index in [4.69, 9.17) is 20.5 Å². The second-order valence-electron chi connectivity index (χ2n) is 2.81. The van der Waals surface area contributed by atoms with Crippen LogP contribution in [0.25, 0.3) is 20.9 Å². The van der Waals surface area contributed by atoms with Crippen molar-refractivity contribution >= 4 is 0 Å². The fourth-order valence-corrected chi connectivity index (χ4v) is 1.22. The van der Waals surface area contributed by atoms with E-state index in [1.54, 1.807) is 0 Å². The lowest BCUT2D eigenvalue weighted by atomic mass is 10.2. The van der Waals surface area contributed by atoms with Gasteiger partial charge in [-0.2, -0.15) is 0 Å². The van der Waals surface area contributed by atoms with Crippen LogP contribution in [0.1, 0.15) is 13.8 Å². The van der Waals surface area contributed by atoms with Crippen molar-refractivity contribution in [2.24, 2.45) is 10.2 Å². The molecule has 0 saturated carbocycles. The van der Waals surface area contributed by atoms with Crippen molar-refractivity contribution in [3.05, 3.63) is 20.9 Å². The highest BCUT2D eigenvalue weighted by Crippen LogP contribution is 2.07. The van der Waals surface area contributed by atoms with Crippen LogP contribution in [0.15, 0.2) is 10.2 Å². The quantitative estimate of drug-likeness (QED) is 0.342. The molecule has 8 nitrogen and oxygen atoms in total. The van der Waals surface area contributed by atoms with Crippen molar-refractivity contribution in [2.45, 2.75) is 26.1 Å². The Bertz CT molecular complexity index is 244. The molecule has 0 aromatic heterocycles. The summed E-state index contributed by atoms with van der Waals surface area (Å²) in [5.74, 6) is 0. The van der Waals surface area contributed by atoms with Gasteiger partial charge in [0.05, 0.1) is 25.3 Å². The van der Waals surface area contributed by atoms with Gasteiger partial charge in [-0.3, -0.25) is 0 Å². The summed E-state index contributed by atoms with van der Waals surface area (Å²) in [7, 11) is 0. The van der Waals surface area contributed by atoms with Crippen molar-refractivity contribution in [2.75, 3.05) is 26.3 Å². The first-order valence-corrected chi connectivity index (χ1v) is 5.05. The molecule has 0 heterocycles. The summed E-state index contributed by atoms with van der Waals surface area (Å²) in [5, 5.41) is 6.89. The molecule has 16 heavy (non-hydrogen) atoms. The van der Waals surface area contributed by atoms with Crippen LogP contribution in [0, 0.1) is 0 Å². The Morgan fingerprint density at radius 1 is 0.938 bits per heavy atom. The predicted molar refractivity (Wildman–Crippen MR) is 58.9 cm³/mol. The van der Waals surface area contributed by atoms with Gasteiger partial charge in [0.25, 0.3) is 0 Å². The number of hydrogen-bond donors (Lipinski definition) is 0. The van der Waals surface area contributed by atoms with E-state index in [0.29, 0.717) is 13.2 Å². The number of rotatable bonds is 9. The van der Waals surface area contributed by atoms with E-state index in [0.717, 1.165) is 0 Å². The zero-order valence-corrected chi connectivity index (χ0v) is 9.48. The van der Waals surface area contributed by atoms with Gasteiger partial charge in [-0.05, 0) is 24.9 Å². The lowest BCUT2D eigenvalue weighted by molar-refractivity contribution is -0.0574. The predicted octanol–water partition coefficient (Wildman–Crippen LogP) is 2.42. The molecule has 8 heteroatoms. The maximum absolute atomic E-state index is 8.25. The highest BCUT2D eigenvalue weighted by molar-refractivity contribution is 4.76. The van der Waals surface area contributed by atoms with Crippen LogP contribution in [0.2, 0.25) is 0 Å². The van der Waals surface area contributed by atoms with Crippen molar-refractivity contribution in [3.8, 4) is 0 Å². The largest absolute Gasteiger partial charge is 0.376 e. The first-order chi connectivity index (χ1) is 7.79. The van der Waals surface area contributed by atoms with Gasteiger partial charge in [-0.1, -0.05) is 10.2 Å². The molecule has 0 bridgehead atoms. The van der Waals surface area contributed by atoms with Crippen molar-refractivity contribution < 1.29 is 9.47 Å². The number of hydrogen-bond acceptors (Lipinski definition) is 4. The molecule has 0 rings (SSSR count). The van der Waals surface area contributed by atoms with Crippen molar-refractivity contribution in [1.29, 1.82) is 0 Å². The summed E-state index contributed by atoms with van der Waals surface area (Å²) in [6.07, 6.45) is -0.766. The maximum Gasteiger partial charge on any atom is 0.0894 e. The van der Waals surface area contributed by atoms with Crippen LogP contribution < -0.4 is 0 Å². The Balaban J connectivity index is 4.47. The van der Waals surface area contributed by atoms with E-state index < -0.39 is 0 Å². The monoisotopic (exact) mass is 228 g/mol. The standard InChI is InChI=1S/C8H16N6O2/c1-3-15-7(5-11-13-9)8(16-4-2)6-12-14-10/h7-8H,3-6H2,1-2H3/t7-,8-/m0/s1. The molecule has 0 unspecified atom stereocenters. The Morgan fingerprint density at radius 2 is 1.31 bits per heavy atom. The summed E-state index contributed by atoms with van der Waals surface area (Å²) in [5.41, 5.74) is 16.5. The van der Waals surface area contributed by atoms with E-state index in [-0.39, 0.29) is 25.3 Å². The number of azide groups is 2. The van der Waals surface area contributed by atoms with Crippen molar-refractivity contribution in [1.82, 2.24) is 0 Å². The highest BCUT2D eigenvalue weighted by atomic mass is 16.5. The molecule has 0 radical (unpaired) electrons. The Morgan fingerprint density at radius 3 is 1.56 bits per heavy atom. The molecule has 90 valence electrons. The average molecular weight is 228 g/mol. The molecule has 0 aliphatic carbocycles. The molecule has 0 aliphatic rings. The van der Waals surface area contributed by atoms with E-state index >= 15 is 0 Å². The lowest BCUT2D eigenvalue weighted by Crippen LogP contribution is -2.36. The topological polar surface area (TPSA) is 116 Å². The van der Waals surface area contributed by atoms with Crippen LogP contribution in [0.3, 0.4) is 0 Å². The second kappa shape index (κ2) is 10.1. The molecular weight excluding hydrogens is 212 g/mol. The maximum atomic E-state index is 8.25. The van der Waals surface area contributed by atoms with Crippen LogP contribution in [0.5, 0.6) is 0 Å². The average Bonchev–Trinajstić information content (AvgIpc) is 2.30. The van der Waals surface area contributed by atoms with Gasteiger partial charge in [0, 0.05) is 23.0 Å². The Hall–Kier alpha value is -1.46. The van der Waals surface area contributed by atoms with E-state index in [1.165, 1.54) is 0 Å². The zero-order chi connectivity index (χ0) is 12.2. The summed E-state index contributed by atoms with van der Waals surface area (Å²) < 4.78 is 10.8. The number of nitrogens with zero attached hydrogens (tertiary/aromatic N) is 6. The third-order valence-corrected chi connectivity index (χ3v) is 1.83. The molecule has 0 spiro atoms. The summed E-state index contributed by atoms with van der Waals surface area (Å²) in [4.78, 5) is 5.33. The fourth-order valence-electron chi connectivity index (χ4n) is 1.22. The first-order valence-electron chi connectivity index (χ1n) is 5.05. The molecule has 0 aromatic rings. The molecule has 0 aliphatic heterocycles. The minimum absolute atomic E-state index is 0.163. The molecule has 0 fully saturated rings. The number of ether oxygens (including phenoxy) is 2. The third kappa shape index (κ3) is 6.10. The summed E-state index contributed by atoms with van der Waals surface area (Å²) >= 11 is 0. The van der Waals surface area contributed by atoms with Gasteiger partial charge in [-0.15, -0.1) is 0 Å². The molecule has 2 atom stereocenters. The lowest BCUT2D eigenvalue weighted by Gasteiger charge is -2.24. The van der Waals surface area contributed by atoms with Crippen LogP contribution in [0.4, 0.5) is 0 Å². The Labute approximate surface area is 93.8 Å². The summed E-state index contributed by atoms with van der Waals surface area (Å²) in [6, 6.07) is 0. The molecule has 0 amide bonds. The Kier molecular flexibility index (Phi) is 9.15. The third-order valence-electron chi connectivity index (χ3n) is 1.83. The fraction of sp³-hybridized carbons (Fsp3) is 1.00. The van der Waals surface area contributed by atoms with E-state index in [1.807, 2.05) is 13.8 Å². The van der Waals surface area contributed by atoms with Gasteiger partial charge in [0.2, 0.25) is 0 Å². The molecule has 0 aromatic carbocycles. The summed E-state index contributed by atoms with van der Waals surface area (Å²) in [6.45, 7) is 4.95. The SMILES string of the molecule is CCO[C@@H](CN=[N+]=[N-])[C@H](CN=[N+]=[N-])OCC. The van der Waals surface area contributed by atoms with Crippen LogP contribution in [-0.2, 0) is 9.47 Å². The second-order valence-corrected chi connectivity index (χ2v) is 2.81. The van der Waals surface area contributed by atoms with E-state index in [9.17, 15) is 0 Å². The molecule has 0 saturated heterocycles.